The minimum absolute atomic E-state index is 0.827. The Bertz CT molecular complexity index is 215. The van der Waals surface area contributed by atoms with Crippen molar-refractivity contribution in [3.05, 3.63) is 0 Å². The van der Waals surface area contributed by atoms with Crippen LogP contribution in [0.4, 0.5) is 0 Å². The first-order valence-electron chi connectivity index (χ1n) is 7.18. The lowest BCUT2D eigenvalue weighted by atomic mass is 10.0. The first kappa shape index (κ1) is 12.4. The third kappa shape index (κ3) is 2.78. The van der Waals surface area contributed by atoms with Crippen LogP contribution in [0.1, 0.15) is 46.5 Å². The van der Waals surface area contributed by atoms with E-state index in [2.05, 4.69) is 30.6 Å². The van der Waals surface area contributed by atoms with E-state index in [1.54, 1.807) is 0 Å². The second kappa shape index (κ2) is 5.50. The molecule has 2 nitrogen and oxygen atoms in total. The van der Waals surface area contributed by atoms with E-state index in [-0.39, 0.29) is 0 Å². The smallest absolute Gasteiger partial charge is 0.0224 e. The molecule has 2 aliphatic rings. The van der Waals surface area contributed by atoms with Gasteiger partial charge in [-0.25, -0.2) is 0 Å². The molecule has 0 aromatic carbocycles. The lowest BCUT2D eigenvalue weighted by molar-refractivity contribution is 0.0463. The quantitative estimate of drug-likeness (QED) is 0.724. The molecule has 16 heavy (non-hydrogen) atoms. The maximum absolute atomic E-state index is 2.77. The van der Waals surface area contributed by atoms with Gasteiger partial charge in [0, 0.05) is 25.2 Å². The van der Waals surface area contributed by atoms with Crippen LogP contribution in [0.5, 0.6) is 0 Å². The third-order valence-corrected chi connectivity index (χ3v) is 4.37. The molecule has 2 saturated heterocycles. The Balaban J connectivity index is 1.89. The molecule has 2 fully saturated rings. The maximum Gasteiger partial charge on any atom is 0.0224 e. The van der Waals surface area contributed by atoms with Gasteiger partial charge in [0.05, 0.1) is 0 Å². The van der Waals surface area contributed by atoms with Crippen molar-refractivity contribution < 1.29 is 0 Å². The molecule has 0 spiro atoms. The SMILES string of the molecule is CCC1CN2CCCC2CN1CCC(C)C. The van der Waals surface area contributed by atoms with E-state index in [1.807, 2.05) is 0 Å². The molecule has 2 heteroatoms. The summed E-state index contributed by atoms with van der Waals surface area (Å²) in [7, 11) is 0. The topological polar surface area (TPSA) is 6.48 Å². The summed E-state index contributed by atoms with van der Waals surface area (Å²) in [4.78, 5) is 5.51. The summed E-state index contributed by atoms with van der Waals surface area (Å²) in [5, 5.41) is 0. The number of rotatable bonds is 4. The molecular weight excluding hydrogens is 196 g/mol. The van der Waals surface area contributed by atoms with Gasteiger partial charge in [-0.1, -0.05) is 20.8 Å². The van der Waals surface area contributed by atoms with Crippen molar-refractivity contribution in [2.24, 2.45) is 5.92 Å². The van der Waals surface area contributed by atoms with Crippen molar-refractivity contribution in [2.75, 3.05) is 26.2 Å². The number of hydrogen-bond acceptors (Lipinski definition) is 2. The van der Waals surface area contributed by atoms with E-state index < -0.39 is 0 Å². The summed E-state index contributed by atoms with van der Waals surface area (Å²) in [6.07, 6.45) is 5.55. The zero-order valence-electron chi connectivity index (χ0n) is 11.3. The average molecular weight is 224 g/mol. The van der Waals surface area contributed by atoms with Crippen LogP contribution >= 0.6 is 0 Å². The fourth-order valence-electron chi connectivity index (χ4n) is 3.23. The first-order chi connectivity index (χ1) is 7.70. The lowest BCUT2D eigenvalue weighted by Crippen LogP contribution is -2.56. The summed E-state index contributed by atoms with van der Waals surface area (Å²) in [5.74, 6) is 0.846. The third-order valence-electron chi connectivity index (χ3n) is 4.37. The van der Waals surface area contributed by atoms with Crippen LogP contribution in [-0.2, 0) is 0 Å². The molecule has 94 valence electrons. The van der Waals surface area contributed by atoms with Gasteiger partial charge in [0.2, 0.25) is 0 Å². The van der Waals surface area contributed by atoms with Gasteiger partial charge in [0.25, 0.3) is 0 Å². The minimum atomic E-state index is 0.827. The molecule has 0 amide bonds. The van der Waals surface area contributed by atoms with Crippen molar-refractivity contribution in [1.29, 1.82) is 0 Å². The number of fused-ring (bicyclic) bond motifs is 1. The van der Waals surface area contributed by atoms with Crippen molar-refractivity contribution in [3.8, 4) is 0 Å². The average Bonchev–Trinajstić information content (AvgIpc) is 2.71. The molecule has 0 aromatic heterocycles. The summed E-state index contributed by atoms with van der Waals surface area (Å²) < 4.78 is 0. The lowest BCUT2D eigenvalue weighted by Gasteiger charge is -2.43. The van der Waals surface area contributed by atoms with Gasteiger partial charge >= 0.3 is 0 Å². The molecule has 2 aliphatic heterocycles. The van der Waals surface area contributed by atoms with Gasteiger partial charge in [0.15, 0.2) is 0 Å². The molecule has 2 unspecified atom stereocenters. The zero-order chi connectivity index (χ0) is 11.5. The molecule has 0 N–H and O–H groups in total. The second-order valence-electron chi connectivity index (χ2n) is 6.03. The number of nitrogens with zero attached hydrogens (tertiary/aromatic N) is 2. The summed E-state index contributed by atoms with van der Waals surface area (Å²) in [6.45, 7) is 12.4. The molecule has 2 rings (SSSR count). The van der Waals surface area contributed by atoms with Gasteiger partial charge in [-0.2, -0.15) is 0 Å². The van der Waals surface area contributed by atoms with Crippen molar-refractivity contribution >= 4 is 0 Å². The highest BCUT2D eigenvalue weighted by Gasteiger charge is 2.34. The van der Waals surface area contributed by atoms with Crippen LogP contribution in [-0.4, -0.2) is 48.1 Å². The van der Waals surface area contributed by atoms with Crippen LogP contribution in [0.15, 0.2) is 0 Å². The van der Waals surface area contributed by atoms with E-state index in [1.165, 1.54) is 51.9 Å². The Labute approximate surface area is 101 Å². The van der Waals surface area contributed by atoms with Gasteiger partial charge in [-0.15, -0.1) is 0 Å². The zero-order valence-corrected chi connectivity index (χ0v) is 11.3. The van der Waals surface area contributed by atoms with E-state index in [0.29, 0.717) is 0 Å². The molecule has 0 aliphatic carbocycles. The predicted molar refractivity (Wildman–Crippen MR) is 69.7 cm³/mol. The van der Waals surface area contributed by atoms with Gasteiger partial charge in [-0.05, 0) is 44.7 Å². The molecule has 2 heterocycles. The molecule has 0 radical (unpaired) electrons. The van der Waals surface area contributed by atoms with Gasteiger partial charge in [0.1, 0.15) is 0 Å². The largest absolute Gasteiger partial charge is 0.298 e. The molecule has 2 atom stereocenters. The highest BCUT2D eigenvalue weighted by atomic mass is 15.3. The van der Waals surface area contributed by atoms with Crippen LogP contribution in [0.2, 0.25) is 0 Å². The highest BCUT2D eigenvalue weighted by molar-refractivity contribution is 4.91. The van der Waals surface area contributed by atoms with Crippen LogP contribution in [0, 0.1) is 5.92 Å². The molecule has 0 aromatic rings. The first-order valence-corrected chi connectivity index (χ1v) is 7.18. The van der Waals surface area contributed by atoms with E-state index in [9.17, 15) is 0 Å². The predicted octanol–water partition coefficient (Wildman–Crippen LogP) is 2.59. The molecular formula is C14H28N2. The summed E-state index contributed by atoms with van der Waals surface area (Å²) >= 11 is 0. The Morgan fingerprint density at radius 2 is 2.06 bits per heavy atom. The number of hydrogen-bond donors (Lipinski definition) is 0. The van der Waals surface area contributed by atoms with Gasteiger partial charge in [-0.3, -0.25) is 9.80 Å². The van der Waals surface area contributed by atoms with Crippen molar-refractivity contribution in [1.82, 2.24) is 9.80 Å². The fourth-order valence-corrected chi connectivity index (χ4v) is 3.23. The monoisotopic (exact) mass is 224 g/mol. The Hall–Kier alpha value is -0.0800. The Morgan fingerprint density at radius 3 is 2.75 bits per heavy atom. The van der Waals surface area contributed by atoms with E-state index in [4.69, 9.17) is 0 Å². The molecule has 0 bridgehead atoms. The minimum Gasteiger partial charge on any atom is -0.298 e. The van der Waals surface area contributed by atoms with Gasteiger partial charge < -0.3 is 0 Å². The summed E-state index contributed by atoms with van der Waals surface area (Å²) in [5.41, 5.74) is 0. The fraction of sp³-hybridized carbons (Fsp3) is 1.00. The van der Waals surface area contributed by atoms with Crippen LogP contribution in [0.25, 0.3) is 0 Å². The highest BCUT2D eigenvalue weighted by Crippen LogP contribution is 2.26. The van der Waals surface area contributed by atoms with Crippen LogP contribution < -0.4 is 0 Å². The normalized spacial score (nSPS) is 32.2. The van der Waals surface area contributed by atoms with Crippen molar-refractivity contribution in [3.63, 3.8) is 0 Å². The number of piperazine rings is 1. The molecule has 0 saturated carbocycles. The summed E-state index contributed by atoms with van der Waals surface area (Å²) in [6, 6.07) is 1.71. The second-order valence-corrected chi connectivity index (χ2v) is 6.03. The maximum atomic E-state index is 2.77. The van der Waals surface area contributed by atoms with E-state index in [0.717, 1.165) is 18.0 Å². The Morgan fingerprint density at radius 1 is 1.25 bits per heavy atom. The standard InChI is InChI=1S/C14H28N2/c1-4-13-10-15-8-5-6-14(15)11-16(13)9-7-12(2)3/h12-14H,4-11H2,1-3H3. The van der Waals surface area contributed by atoms with Crippen LogP contribution in [0.3, 0.4) is 0 Å². The van der Waals surface area contributed by atoms with Crippen molar-refractivity contribution in [2.45, 2.75) is 58.5 Å². The van der Waals surface area contributed by atoms with E-state index >= 15 is 0 Å². The Kier molecular flexibility index (Phi) is 4.26.